The second kappa shape index (κ2) is 9.11. The summed E-state index contributed by atoms with van der Waals surface area (Å²) < 4.78 is 19.4. The third-order valence-corrected chi connectivity index (χ3v) is 1.45. The predicted octanol–water partition coefficient (Wildman–Crippen LogP) is 0.492. The van der Waals surface area contributed by atoms with Crippen molar-refractivity contribution in [2.75, 3.05) is 26.4 Å². The summed E-state index contributed by atoms with van der Waals surface area (Å²) in [7, 11) is 0. The Kier molecular flexibility index (Phi) is 8.46. The van der Waals surface area contributed by atoms with Crippen LogP contribution in [0.1, 0.15) is 20.8 Å². The van der Waals surface area contributed by atoms with Gasteiger partial charge in [-0.25, -0.2) is 4.79 Å². The Morgan fingerprint density at radius 2 is 1.81 bits per heavy atom. The van der Waals surface area contributed by atoms with Crippen molar-refractivity contribution in [3.8, 4) is 0 Å². The van der Waals surface area contributed by atoms with E-state index in [0.717, 1.165) is 0 Å². The summed E-state index contributed by atoms with van der Waals surface area (Å²) >= 11 is 0. The zero-order valence-electron chi connectivity index (χ0n) is 9.86. The van der Waals surface area contributed by atoms with Crippen molar-refractivity contribution < 1.29 is 28.5 Å². The molecule has 6 nitrogen and oxygen atoms in total. The molecule has 0 aliphatic heterocycles. The minimum absolute atomic E-state index is 0.157. The van der Waals surface area contributed by atoms with Gasteiger partial charge in [-0.1, -0.05) is 0 Å². The number of hydrogen-bond donors (Lipinski definition) is 0. The number of esters is 2. The first-order chi connectivity index (χ1) is 7.61. The zero-order chi connectivity index (χ0) is 12.4. The minimum atomic E-state index is -1.31. The van der Waals surface area contributed by atoms with Gasteiger partial charge < -0.3 is 18.9 Å². The van der Waals surface area contributed by atoms with E-state index in [1.807, 2.05) is 6.92 Å². The summed E-state index contributed by atoms with van der Waals surface area (Å²) in [6.07, 6.45) is -1.31. The average Bonchev–Trinajstić information content (AvgIpc) is 2.22. The second-order valence-electron chi connectivity index (χ2n) is 2.76. The molecule has 0 saturated carbocycles. The van der Waals surface area contributed by atoms with Crippen molar-refractivity contribution in [1.82, 2.24) is 0 Å². The molecule has 0 rings (SSSR count). The van der Waals surface area contributed by atoms with Crippen LogP contribution in [0.15, 0.2) is 0 Å². The molecule has 0 aromatic rings. The van der Waals surface area contributed by atoms with Gasteiger partial charge in [0.1, 0.15) is 0 Å². The van der Waals surface area contributed by atoms with E-state index >= 15 is 0 Å². The Morgan fingerprint density at radius 1 is 1.12 bits per heavy atom. The molecule has 94 valence electrons. The van der Waals surface area contributed by atoms with Crippen LogP contribution in [0.5, 0.6) is 0 Å². The van der Waals surface area contributed by atoms with Gasteiger partial charge in [-0.2, -0.15) is 0 Å². The predicted molar refractivity (Wildman–Crippen MR) is 54.6 cm³/mol. The Labute approximate surface area is 94.8 Å². The van der Waals surface area contributed by atoms with Crippen molar-refractivity contribution in [3.63, 3.8) is 0 Å². The lowest BCUT2D eigenvalue weighted by Crippen LogP contribution is -2.32. The molecular formula is C10H18O6. The molecule has 0 N–H and O–H groups in total. The molecule has 0 aromatic heterocycles. The number of carbonyl (C=O) groups is 2. The van der Waals surface area contributed by atoms with Crippen molar-refractivity contribution in [1.29, 1.82) is 0 Å². The quantitative estimate of drug-likeness (QED) is 0.346. The number of hydrogen-bond acceptors (Lipinski definition) is 6. The van der Waals surface area contributed by atoms with E-state index in [0.29, 0.717) is 13.2 Å². The Hall–Kier alpha value is -1.14. The second-order valence-corrected chi connectivity index (χ2v) is 2.76. The molecule has 16 heavy (non-hydrogen) atoms. The standard InChI is InChI=1S/C10H18O6/c1-4-13-6-7-15-10(16-8(3)11)9(12)14-5-2/h10H,4-7H2,1-3H3. The highest BCUT2D eigenvalue weighted by Gasteiger charge is 2.23. The van der Waals surface area contributed by atoms with E-state index in [9.17, 15) is 9.59 Å². The smallest absolute Gasteiger partial charge is 0.376 e. The molecule has 0 heterocycles. The molecular weight excluding hydrogens is 216 g/mol. The van der Waals surface area contributed by atoms with Crippen LogP contribution in [0.4, 0.5) is 0 Å². The van der Waals surface area contributed by atoms with Gasteiger partial charge in [-0.05, 0) is 13.8 Å². The highest BCUT2D eigenvalue weighted by atomic mass is 16.7. The first-order valence-corrected chi connectivity index (χ1v) is 5.15. The van der Waals surface area contributed by atoms with Crippen molar-refractivity contribution in [2.24, 2.45) is 0 Å². The van der Waals surface area contributed by atoms with E-state index in [4.69, 9.17) is 9.47 Å². The van der Waals surface area contributed by atoms with Gasteiger partial charge in [0.2, 0.25) is 0 Å². The van der Waals surface area contributed by atoms with E-state index in [2.05, 4.69) is 9.47 Å². The van der Waals surface area contributed by atoms with Crippen molar-refractivity contribution >= 4 is 11.9 Å². The van der Waals surface area contributed by atoms with Crippen LogP contribution >= 0.6 is 0 Å². The van der Waals surface area contributed by atoms with E-state index in [1.165, 1.54) is 6.92 Å². The van der Waals surface area contributed by atoms with Crippen LogP contribution in [-0.4, -0.2) is 44.7 Å². The molecule has 0 saturated heterocycles. The third kappa shape index (κ3) is 7.19. The number of carbonyl (C=O) groups excluding carboxylic acids is 2. The van der Waals surface area contributed by atoms with Crippen LogP contribution in [0.2, 0.25) is 0 Å². The zero-order valence-corrected chi connectivity index (χ0v) is 9.86. The summed E-state index contributed by atoms with van der Waals surface area (Å²) in [5.74, 6) is -1.32. The molecule has 1 atom stereocenters. The number of rotatable bonds is 8. The lowest BCUT2D eigenvalue weighted by Gasteiger charge is -2.15. The molecule has 0 aliphatic rings. The fourth-order valence-electron chi connectivity index (χ4n) is 0.870. The van der Waals surface area contributed by atoms with E-state index in [1.54, 1.807) is 6.92 Å². The minimum Gasteiger partial charge on any atom is -0.461 e. The van der Waals surface area contributed by atoms with E-state index in [-0.39, 0.29) is 13.2 Å². The average molecular weight is 234 g/mol. The Morgan fingerprint density at radius 3 is 2.31 bits per heavy atom. The molecule has 0 spiro atoms. The Bertz CT molecular complexity index is 215. The largest absolute Gasteiger partial charge is 0.461 e. The van der Waals surface area contributed by atoms with Gasteiger partial charge in [0.05, 0.1) is 19.8 Å². The number of ether oxygens (including phenoxy) is 4. The molecule has 0 bridgehead atoms. The fraction of sp³-hybridized carbons (Fsp3) is 0.800. The maximum Gasteiger partial charge on any atom is 0.376 e. The lowest BCUT2D eigenvalue weighted by atomic mass is 10.6. The van der Waals surface area contributed by atoms with Gasteiger partial charge >= 0.3 is 18.2 Å². The molecule has 0 aromatic carbocycles. The van der Waals surface area contributed by atoms with Crippen LogP contribution in [0, 0.1) is 0 Å². The third-order valence-electron chi connectivity index (χ3n) is 1.45. The summed E-state index contributed by atoms with van der Waals surface area (Å²) in [6.45, 7) is 5.93. The maximum absolute atomic E-state index is 11.3. The monoisotopic (exact) mass is 234 g/mol. The van der Waals surface area contributed by atoms with Crippen LogP contribution in [-0.2, 0) is 28.5 Å². The summed E-state index contributed by atoms with van der Waals surface area (Å²) in [5, 5.41) is 0. The van der Waals surface area contributed by atoms with Crippen LogP contribution in [0.3, 0.4) is 0 Å². The SMILES string of the molecule is CCOCCOC(OC(C)=O)C(=O)OCC. The van der Waals surface area contributed by atoms with Crippen molar-refractivity contribution in [3.05, 3.63) is 0 Å². The van der Waals surface area contributed by atoms with Gasteiger partial charge in [0, 0.05) is 13.5 Å². The first-order valence-electron chi connectivity index (χ1n) is 5.15. The van der Waals surface area contributed by atoms with Crippen LogP contribution in [0.25, 0.3) is 0 Å². The first kappa shape index (κ1) is 14.9. The van der Waals surface area contributed by atoms with E-state index < -0.39 is 18.2 Å². The molecule has 0 radical (unpaired) electrons. The molecule has 0 fully saturated rings. The van der Waals surface area contributed by atoms with Gasteiger partial charge in [-0.15, -0.1) is 0 Å². The fourth-order valence-corrected chi connectivity index (χ4v) is 0.870. The highest BCUT2D eigenvalue weighted by molar-refractivity contribution is 5.77. The summed E-state index contributed by atoms with van der Waals surface area (Å²) in [5.41, 5.74) is 0. The highest BCUT2D eigenvalue weighted by Crippen LogP contribution is 1.99. The molecule has 1 unspecified atom stereocenters. The summed E-state index contributed by atoms with van der Waals surface area (Å²) in [6, 6.07) is 0. The normalized spacial score (nSPS) is 11.9. The maximum atomic E-state index is 11.3. The van der Waals surface area contributed by atoms with Gasteiger partial charge in [0.25, 0.3) is 0 Å². The van der Waals surface area contributed by atoms with Gasteiger partial charge in [-0.3, -0.25) is 4.79 Å². The molecule has 0 amide bonds. The van der Waals surface area contributed by atoms with Crippen molar-refractivity contribution in [2.45, 2.75) is 27.1 Å². The summed E-state index contributed by atoms with van der Waals surface area (Å²) in [4.78, 5) is 22.0. The van der Waals surface area contributed by atoms with Crippen LogP contribution < -0.4 is 0 Å². The van der Waals surface area contributed by atoms with Gasteiger partial charge in [0.15, 0.2) is 0 Å². The Balaban J connectivity index is 3.99. The molecule has 6 heteroatoms. The topological polar surface area (TPSA) is 71.1 Å². The lowest BCUT2D eigenvalue weighted by molar-refractivity contribution is -0.201. The molecule has 0 aliphatic carbocycles.